The van der Waals surface area contributed by atoms with E-state index >= 15 is 0 Å². The lowest BCUT2D eigenvalue weighted by Gasteiger charge is -2.21. The van der Waals surface area contributed by atoms with Crippen LogP contribution in [0.2, 0.25) is 0 Å². The SMILES string of the molecule is COP(=O)(OC)O[C@@H](Cc1ccccc1)C(=O)NCCC(=O)OCc1ccccc1. The quantitative estimate of drug-likeness (QED) is 0.403. The van der Waals surface area contributed by atoms with Crippen molar-refractivity contribution < 1.29 is 32.5 Å². The molecule has 0 saturated carbocycles. The van der Waals surface area contributed by atoms with E-state index in [1.54, 1.807) is 0 Å². The smallest absolute Gasteiger partial charge is 0.461 e. The van der Waals surface area contributed by atoms with Gasteiger partial charge in [-0.2, -0.15) is 0 Å². The Morgan fingerprint density at radius 3 is 2.07 bits per heavy atom. The molecule has 2 aromatic rings. The fourth-order valence-corrected chi connectivity index (χ4v) is 3.34. The van der Waals surface area contributed by atoms with Crippen LogP contribution in [-0.4, -0.2) is 38.7 Å². The molecule has 30 heavy (non-hydrogen) atoms. The minimum absolute atomic E-state index is 0.0111. The molecule has 1 N–H and O–H groups in total. The molecule has 0 spiro atoms. The fraction of sp³-hybridized carbons (Fsp3) is 0.333. The summed E-state index contributed by atoms with van der Waals surface area (Å²) in [7, 11) is -1.53. The van der Waals surface area contributed by atoms with Gasteiger partial charge in [0.15, 0.2) is 6.10 Å². The summed E-state index contributed by atoms with van der Waals surface area (Å²) in [5.41, 5.74) is 1.68. The van der Waals surface area contributed by atoms with E-state index in [2.05, 4.69) is 5.32 Å². The second-order valence-corrected chi connectivity index (χ2v) is 8.12. The Morgan fingerprint density at radius 1 is 0.933 bits per heavy atom. The summed E-state index contributed by atoms with van der Waals surface area (Å²) in [4.78, 5) is 24.5. The maximum Gasteiger partial charge on any atom is 0.475 e. The van der Waals surface area contributed by atoms with E-state index in [1.807, 2.05) is 60.7 Å². The van der Waals surface area contributed by atoms with Crippen molar-refractivity contribution in [1.29, 1.82) is 0 Å². The molecule has 2 aromatic carbocycles. The first kappa shape index (κ1) is 23.8. The molecule has 1 atom stereocenters. The summed E-state index contributed by atoms with van der Waals surface area (Å²) in [5, 5.41) is 2.61. The average Bonchev–Trinajstić information content (AvgIpc) is 2.78. The van der Waals surface area contributed by atoms with Gasteiger partial charge < -0.3 is 10.1 Å². The van der Waals surface area contributed by atoms with Gasteiger partial charge in [0.1, 0.15) is 6.61 Å². The third-order valence-electron chi connectivity index (χ3n) is 4.13. The number of benzene rings is 2. The molecule has 0 unspecified atom stereocenters. The van der Waals surface area contributed by atoms with Crippen LogP contribution in [0.4, 0.5) is 0 Å². The highest BCUT2D eigenvalue weighted by molar-refractivity contribution is 7.48. The Kier molecular flexibility index (Phi) is 9.70. The number of amides is 1. The second kappa shape index (κ2) is 12.2. The Morgan fingerprint density at radius 2 is 1.50 bits per heavy atom. The number of esters is 1. The monoisotopic (exact) mass is 435 g/mol. The third kappa shape index (κ3) is 8.08. The lowest BCUT2D eigenvalue weighted by molar-refractivity contribution is -0.145. The minimum atomic E-state index is -3.88. The van der Waals surface area contributed by atoms with Crippen LogP contribution in [0, 0.1) is 0 Å². The van der Waals surface area contributed by atoms with Gasteiger partial charge >= 0.3 is 13.8 Å². The van der Waals surface area contributed by atoms with E-state index < -0.39 is 25.8 Å². The van der Waals surface area contributed by atoms with Gasteiger partial charge in [0, 0.05) is 27.2 Å². The minimum Gasteiger partial charge on any atom is -0.461 e. The molecule has 2 rings (SSSR count). The highest BCUT2D eigenvalue weighted by Gasteiger charge is 2.32. The molecular weight excluding hydrogens is 409 g/mol. The number of hydrogen-bond donors (Lipinski definition) is 1. The number of rotatable bonds is 12. The molecule has 0 radical (unpaired) electrons. The van der Waals surface area contributed by atoms with Crippen molar-refractivity contribution in [2.24, 2.45) is 0 Å². The standard InChI is InChI=1S/C21H26NO7P/c1-26-30(25,27-2)29-19(15-17-9-5-3-6-10-17)21(24)22-14-13-20(23)28-16-18-11-7-4-8-12-18/h3-12,19H,13-16H2,1-2H3,(H,22,24)/t19-/m0/s1. The molecule has 0 saturated heterocycles. The van der Waals surface area contributed by atoms with Gasteiger partial charge in [-0.1, -0.05) is 60.7 Å². The van der Waals surface area contributed by atoms with Crippen LogP contribution in [0.15, 0.2) is 60.7 Å². The number of carbonyl (C=O) groups excluding carboxylic acids is 2. The topological polar surface area (TPSA) is 100 Å². The van der Waals surface area contributed by atoms with Crippen molar-refractivity contribution in [2.75, 3.05) is 20.8 Å². The number of phosphoric acid groups is 1. The first-order valence-corrected chi connectivity index (χ1v) is 10.8. The van der Waals surface area contributed by atoms with Gasteiger partial charge in [0.2, 0.25) is 5.91 Å². The zero-order valence-electron chi connectivity index (χ0n) is 17.0. The third-order valence-corrected chi connectivity index (χ3v) is 5.54. The zero-order valence-corrected chi connectivity index (χ0v) is 17.9. The molecule has 0 aliphatic heterocycles. The number of carbonyl (C=O) groups is 2. The second-order valence-electron chi connectivity index (χ2n) is 6.28. The molecule has 0 aliphatic rings. The Labute approximate surface area is 176 Å². The molecule has 0 bridgehead atoms. The molecule has 0 aromatic heterocycles. The molecule has 0 fully saturated rings. The molecule has 9 heteroatoms. The van der Waals surface area contributed by atoms with Crippen molar-refractivity contribution in [3.63, 3.8) is 0 Å². The highest BCUT2D eigenvalue weighted by atomic mass is 31.2. The summed E-state index contributed by atoms with van der Waals surface area (Å²) in [6.45, 7) is 0.212. The van der Waals surface area contributed by atoms with Crippen molar-refractivity contribution in [3.8, 4) is 0 Å². The van der Waals surface area contributed by atoms with E-state index in [0.29, 0.717) is 0 Å². The van der Waals surface area contributed by atoms with E-state index in [9.17, 15) is 14.2 Å². The van der Waals surface area contributed by atoms with Crippen LogP contribution < -0.4 is 5.32 Å². The maximum atomic E-state index is 12.6. The van der Waals surface area contributed by atoms with E-state index in [-0.39, 0.29) is 26.0 Å². The lowest BCUT2D eigenvalue weighted by Crippen LogP contribution is -2.38. The van der Waals surface area contributed by atoms with Gasteiger partial charge in [-0.05, 0) is 11.1 Å². The van der Waals surface area contributed by atoms with Gasteiger partial charge in [-0.25, -0.2) is 4.57 Å². The maximum absolute atomic E-state index is 12.6. The van der Waals surface area contributed by atoms with Crippen LogP contribution in [0.1, 0.15) is 17.5 Å². The van der Waals surface area contributed by atoms with Gasteiger partial charge in [-0.15, -0.1) is 0 Å². The number of ether oxygens (including phenoxy) is 1. The van der Waals surface area contributed by atoms with Gasteiger partial charge in [0.05, 0.1) is 6.42 Å². The number of phosphoric ester groups is 1. The van der Waals surface area contributed by atoms with E-state index in [0.717, 1.165) is 11.1 Å². The van der Waals surface area contributed by atoms with Crippen LogP contribution in [0.3, 0.4) is 0 Å². The molecule has 0 aliphatic carbocycles. The molecule has 1 amide bonds. The van der Waals surface area contributed by atoms with Crippen LogP contribution >= 0.6 is 7.82 Å². The first-order chi connectivity index (χ1) is 14.5. The van der Waals surface area contributed by atoms with Gasteiger partial charge in [0.25, 0.3) is 0 Å². The molecular formula is C21H26NO7P. The number of nitrogens with one attached hydrogen (secondary N) is 1. The Balaban J connectivity index is 1.88. The predicted molar refractivity (Wildman–Crippen MR) is 111 cm³/mol. The first-order valence-electron chi connectivity index (χ1n) is 9.37. The fourth-order valence-electron chi connectivity index (χ4n) is 2.53. The predicted octanol–water partition coefficient (Wildman–Crippen LogP) is 3.26. The average molecular weight is 435 g/mol. The summed E-state index contributed by atoms with van der Waals surface area (Å²) < 4.78 is 32.4. The van der Waals surface area contributed by atoms with E-state index in [4.69, 9.17) is 18.3 Å². The molecule has 0 heterocycles. The summed E-state index contributed by atoms with van der Waals surface area (Å²) in [6.07, 6.45) is -0.983. The van der Waals surface area contributed by atoms with Crippen molar-refractivity contribution in [2.45, 2.75) is 25.6 Å². The lowest BCUT2D eigenvalue weighted by atomic mass is 10.1. The van der Waals surface area contributed by atoms with Crippen LogP contribution in [0.5, 0.6) is 0 Å². The van der Waals surface area contributed by atoms with Crippen LogP contribution in [0.25, 0.3) is 0 Å². The largest absolute Gasteiger partial charge is 0.475 e. The zero-order chi connectivity index (χ0) is 21.8. The molecule has 8 nitrogen and oxygen atoms in total. The highest BCUT2D eigenvalue weighted by Crippen LogP contribution is 2.49. The Bertz CT molecular complexity index is 837. The molecule has 162 valence electrons. The summed E-state index contributed by atoms with van der Waals surface area (Å²) in [6, 6.07) is 18.4. The van der Waals surface area contributed by atoms with Crippen LogP contribution in [-0.2, 0) is 45.5 Å². The van der Waals surface area contributed by atoms with Gasteiger partial charge in [-0.3, -0.25) is 23.2 Å². The van der Waals surface area contributed by atoms with Crippen molar-refractivity contribution in [3.05, 3.63) is 71.8 Å². The number of hydrogen-bond acceptors (Lipinski definition) is 7. The summed E-state index contributed by atoms with van der Waals surface area (Å²) >= 11 is 0. The normalized spacial score (nSPS) is 12.2. The van der Waals surface area contributed by atoms with Crippen molar-refractivity contribution >= 4 is 19.7 Å². The van der Waals surface area contributed by atoms with E-state index in [1.165, 1.54) is 14.2 Å². The Hall–Kier alpha value is -2.51. The summed E-state index contributed by atoms with van der Waals surface area (Å²) in [5.74, 6) is -0.983. The van der Waals surface area contributed by atoms with Crippen molar-refractivity contribution in [1.82, 2.24) is 5.32 Å².